The van der Waals surface area contributed by atoms with E-state index in [0.29, 0.717) is 0 Å². The van der Waals surface area contributed by atoms with Crippen LogP contribution in [0.1, 0.15) is 0 Å². The number of benzene rings is 12. The molecule has 0 spiro atoms. The maximum Gasteiger partial charge on any atom is 0.143 e. The van der Waals surface area contributed by atoms with Gasteiger partial charge in [-0.1, -0.05) is 188 Å². The van der Waals surface area contributed by atoms with Gasteiger partial charge < -0.3 is 8.98 Å². The van der Waals surface area contributed by atoms with Gasteiger partial charge in [-0.3, -0.25) is 0 Å². The van der Waals surface area contributed by atoms with Gasteiger partial charge in [-0.05, 0) is 137 Å². The predicted molar refractivity (Wildman–Crippen MR) is 288 cm³/mol. The van der Waals surface area contributed by atoms with Crippen molar-refractivity contribution in [1.29, 1.82) is 0 Å². The molecule has 0 amide bonds. The largest absolute Gasteiger partial charge is 0.455 e. The Morgan fingerprint density at radius 1 is 0.221 bits per heavy atom. The van der Waals surface area contributed by atoms with Crippen molar-refractivity contribution in [2.75, 3.05) is 0 Å². The SMILES string of the molecule is c1ccc(-c2cc(-c3ccccc3)c3oc4c(-c5ccc6c(c5)c5ccccc5n6-c5ccc(-c6ccc7c8ccccc8c8ccccc8c7c6)cc5)cc(-c5ccccc5)cc4c3c2)cc1. The molecule has 2 heteroatoms. The molecule has 2 aromatic heterocycles. The third kappa shape index (κ3) is 6.05. The van der Waals surface area contributed by atoms with E-state index in [-0.39, 0.29) is 0 Å². The van der Waals surface area contributed by atoms with Crippen LogP contribution in [0.2, 0.25) is 0 Å². The second-order valence-electron chi connectivity index (χ2n) is 18.0. The van der Waals surface area contributed by atoms with Gasteiger partial charge in [-0.25, -0.2) is 0 Å². The molecule has 0 fully saturated rings. The molecule has 0 aliphatic carbocycles. The molecule has 0 radical (unpaired) electrons. The molecule has 0 aliphatic heterocycles. The zero-order valence-corrected chi connectivity index (χ0v) is 37.0. The van der Waals surface area contributed by atoms with E-state index in [1.807, 2.05) is 0 Å². The average Bonchev–Trinajstić information content (AvgIpc) is 3.96. The van der Waals surface area contributed by atoms with Crippen molar-refractivity contribution in [3.05, 3.63) is 249 Å². The molecule has 68 heavy (non-hydrogen) atoms. The number of nitrogens with zero attached hydrogens (tertiary/aromatic N) is 1. The molecule has 2 heterocycles. The summed E-state index contributed by atoms with van der Waals surface area (Å²) in [4.78, 5) is 0. The van der Waals surface area contributed by atoms with Gasteiger partial charge in [0.2, 0.25) is 0 Å². The molecule has 316 valence electrons. The molecule has 0 aliphatic rings. The van der Waals surface area contributed by atoms with E-state index in [0.717, 1.165) is 66.5 Å². The number of fused-ring (bicyclic) bond motifs is 12. The van der Waals surface area contributed by atoms with Crippen molar-refractivity contribution in [3.8, 4) is 61.3 Å². The quantitative estimate of drug-likeness (QED) is 0.152. The topological polar surface area (TPSA) is 18.1 Å². The maximum atomic E-state index is 7.19. The number of rotatable bonds is 6. The molecule has 0 bridgehead atoms. The Kier molecular flexibility index (Phi) is 8.62. The Balaban J connectivity index is 0.932. The molecule has 0 N–H and O–H groups in total. The lowest BCUT2D eigenvalue weighted by atomic mass is 9.92. The lowest BCUT2D eigenvalue weighted by molar-refractivity contribution is 0.671. The smallest absolute Gasteiger partial charge is 0.143 e. The summed E-state index contributed by atoms with van der Waals surface area (Å²) in [6, 6.07) is 90.6. The Morgan fingerprint density at radius 3 is 1.21 bits per heavy atom. The summed E-state index contributed by atoms with van der Waals surface area (Å²) in [6.07, 6.45) is 0. The molecule has 0 saturated carbocycles. The van der Waals surface area contributed by atoms with Gasteiger partial charge in [-0.15, -0.1) is 0 Å². The lowest BCUT2D eigenvalue weighted by Crippen LogP contribution is -1.94. The number of furan rings is 1. The molecule has 0 unspecified atom stereocenters. The Labute approximate surface area is 393 Å². The minimum Gasteiger partial charge on any atom is -0.455 e. The van der Waals surface area contributed by atoms with E-state index < -0.39 is 0 Å². The van der Waals surface area contributed by atoms with Crippen molar-refractivity contribution in [1.82, 2.24) is 4.57 Å². The van der Waals surface area contributed by atoms with Crippen LogP contribution in [-0.4, -0.2) is 4.57 Å². The zero-order chi connectivity index (χ0) is 44.7. The highest BCUT2D eigenvalue weighted by molar-refractivity contribution is 6.26. The summed E-state index contributed by atoms with van der Waals surface area (Å²) >= 11 is 0. The fourth-order valence-corrected chi connectivity index (χ4v) is 10.9. The van der Waals surface area contributed by atoms with Crippen molar-refractivity contribution in [2.45, 2.75) is 0 Å². The minimum absolute atomic E-state index is 0.885. The molecule has 14 rings (SSSR count). The molecule has 14 aromatic rings. The van der Waals surface area contributed by atoms with E-state index in [4.69, 9.17) is 4.42 Å². The standard InChI is InChI=1S/C66H41NO/c1-4-16-42(17-5-1)48-38-57(45-20-8-3-9-21-45)65-61(40-48)62-41-49(43-18-6-2-7-19-43)39-58(66(62)68-65)47-31-35-64-60(37-47)56-26-14-15-27-63(56)67(64)50-32-28-44(29-33-50)46-30-34-55-53-24-11-10-22-51(53)52-23-12-13-25-54(52)59(55)36-46/h1-41H. The summed E-state index contributed by atoms with van der Waals surface area (Å²) in [5.74, 6) is 0. The zero-order valence-electron chi connectivity index (χ0n) is 37.0. The summed E-state index contributed by atoms with van der Waals surface area (Å²) < 4.78 is 9.59. The van der Waals surface area contributed by atoms with Gasteiger partial charge in [0.25, 0.3) is 0 Å². The first-order valence-electron chi connectivity index (χ1n) is 23.4. The van der Waals surface area contributed by atoms with Crippen LogP contribution in [0.25, 0.3) is 137 Å². The molecule has 0 saturated heterocycles. The van der Waals surface area contributed by atoms with E-state index in [1.54, 1.807) is 0 Å². The summed E-state index contributed by atoms with van der Waals surface area (Å²) in [5.41, 5.74) is 16.7. The normalized spacial score (nSPS) is 11.8. The Morgan fingerprint density at radius 2 is 0.618 bits per heavy atom. The third-order valence-electron chi connectivity index (χ3n) is 14.2. The van der Waals surface area contributed by atoms with Crippen LogP contribution in [0, 0.1) is 0 Å². The lowest BCUT2D eigenvalue weighted by Gasteiger charge is -2.13. The number of hydrogen-bond donors (Lipinski definition) is 0. The highest BCUT2D eigenvalue weighted by Gasteiger charge is 2.21. The van der Waals surface area contributed by atoms with Crippen LogP contribution in [0.15, 0.2) is 253 Å². The number of aromatic nitrogens is 1. The van der Waals surface area contributed by atoms with Crippen molar-refractivity contribution >= 4 is 76.1 Å². The molecular weight excluding hydrogens is 823 g/mol. The number of hydrogen-bond acceptors (Lipinski definition) is 1. The Hall–Kier alpha value is -8.98. The summed E-state index contributed by atoms with van der Waals surface area (Å²) in [5, 5.41) is 12.3. The minimum atomic E-state index is 0.885. The van der Waals surface area contributed by atoms with Gasteiger partial charge in [0.15, 0.2) is 0 Å². The van der Waals surface area contributed by atoms with Gasteiger partial charge in [0, 0.05) is 38.4 Å². The van der Waals surface area contributed by atoms with E-state index in [9.17, 15) is 0 Å². The van der Waals surface area contributed by atoms with E-state index in [2.05, 4.69) is 253 Å². The van der Waals surface area contributed by atoms with E-state index in [1.165, 1.54) is 70.9 Å². The highest BCUT2D eigenvalue weighted by atomic mass is 16.3. The summed E-state index contributed by atoms with van der Waals surface area (Å²) in [7, 11) is 0. The van der Waals surface area contributed by atoms with E-state index >= 15 is 0 Å². The molecule has 12 aromatic carbocycles. The van der Waals surface area contributed by atoms with Crippen molar-refractivity contribution in [3.63, 3.8) is 0 Å². The maximum absolute atomic E-state index is 7.19. The first-order valence-corrected chi connectivity index (χ1v) is 23.4. The highest BCUT2D eigenvalue weighted by Crippen LogP contribution is 2.46. The third-order valence-corrected chi connectivity index (χ3v) is 14.2. The van der Waals surface area contributed by atoms with Crippen LogP contribution in [0.3, 0.4) is 0 Å². The average molecular weight is 864 g/mol. The van der Waals surface area contributed by atoms with Gasteiger partial charge in [-0.2, -0.15) is 0 Å². The molecular formula is C66H41NO. The fraction of sp³-hybridized carbons (Fsp3) is 0. The second kappa shape index (κ2) is 15.3. The number of para-hydroxylation sites is 1. The van der Waals surface area contributed by atoms with Crippen LogP contribution >= 0.6 is 0 Å². The van der Waals surface area contributed by atoms with Gasteiger partial charge in [0.05, 0.1) is 11.0 Å². The van der Waals surface area contributed by atoms with Crippen LogP contribution in [0.4, 0.5) is 0 Å². The molecule has 2 nitrogen and oxygen atoms in total. The Bertz CT molecular complexity index is 4240. The van der Waals surface area contributed by atoms with Crippen LogP contribution in [-0.2, 0) is 0 Å². The monoisotopic (exact) mass is 863 g/mol. The van der Waals surface area contributed by atoms with Gasteiger partial charge >= 0.3 is 0 Å². The van der Waals surface area contributed by atoms with Crippen LogP contribution in [0.5, 0.6) is 0 Å². The van der Waals surface area contributed by atoms with Crippen LogP contribution < -0.4 is 0 Å². The fourth-order valence-electron chi connectivity index (χ4n) is 10.9. The predicted octanol–water partition coefficient (Wildman–Crippen LogP) is 18.5. The summed E-state index contributed by atoms with van der Waals surface area (Å²) in [6.45, 7) is 0. The first-order chi connectivity index (χ1) is 33.7. The molecule has 0 atom stereocenters. The second-order valence-corrected chi connectivity index (χ2v) is 18.0. The van der Waals surface area contributed by atoms with Crippen molar-refractivity contribution in [2.24, 2.45) is 0 Å². The van der Waals surface area contributed by atoms with Crippen molar-refractivity contribution < 1.29 is 4.42 Å². The van der Waals surface area contributed by atoms with Gasteiger partial charge in [0.1, 0.15) is 11.2 Å². The first kappa shape index (κ1) is 38.3.